The molecule has 0 spiro atoms. The molecule has 0 bridgehead atoms. The summed E-state index contributed by atoms with van der Waals surface area (Å²) >= 11 is 4.28. The maximum atomic E-state index is 13.3. The summed E-state index contributed by atoms with van der Waals surface area (Å²) < 4.78 is 62.3. The Kier molecular flexibility index (Phi) is 13.5. The average Bonchev–Trinajstić information content (AvgIpc) is 3.85. The molecule has 0 atom stereocenters. The van der Waals surface area contributed by atoms with Crippen molar-refractivity contribution in [2.24, 2.45) is 0 Å². The Morgan fingerprint density at radius 2 is 1.02 bits per heavy atom. The van der Waals surface area contributed by atoms with Gasteiger partial charge >= 0.3 is 310 Å². The first-order valence-electron chi connectivity index (χ1n) is 16.0. The average molecular weight is 1050 g/mol. The van der Waals surface area contributed by atoms with Crippen molar-refractivity contribution < 1.29 is 56.3 Å². The Morgan fingerprint density at radius 3 is 1.38 bits per heavy atom. The minimum atomic E-state index is -0.947. The van der Waals surface area contributed by atoms with Crippen molar-refractivity contribution in [1.82, 2.24) is 48.6 Å². The SMILES string of the molecule is Cc1cc(CCCCCn2ccn(-c3[c-]c(F)nc(F)c3)[c]2=[Pt])n[n-]1.Cc1cc(CCCCCn2ccn(-c3[c-]c(F)nc(F)c3)[c]2=[Pt])n[n-]1. The monoisotopic (exact) mass is 1050 g/mol. The summed E-state index contributed by atoms with van der Waals surface area (Å²) in [7, 11) is 0. The van der Waals surface area contributed by atoms with Crippen LogP contribution in [-0.2, 0) is 64.6 Å². The van der Waals surface area contributed by atoms with Gasteiger partial charge in [0.25, 0.3) is 0 Å². The van der Waals surface area contributed by atoms with Crippen LogP contribution in [0.4, 0.5) is 17.6 Å². The summed E-state index contributed by atoms with van der Waals surface area (Å²) in [5.74, 6) is -3.60. The molecule has 0 aromatic carbocycles. The van der Waals surface area contributed by atoms with E-state index in [4.69, 9.17) is 0 Å². The Morgan fingerprint density at radius 1 is 0.600 bits per heavy atom. The van der Waals surface area contributed by atoms with Gasteiger partial charge < -0.3 is 0 Å². The molecule has 0 aliphatic rings. The molecule has 0 N–H and O–H groups in total. The minimum absolute atomic E-state index is 0.305. The molecule has 272 valence electrons. The number of hydrogen-bond acceptors (Lipinski definition) is 4. The standard InChI is InChI=1S/2C17H17F2N5.2Pt/c2*1-13-9-14(22-21-13)5-3-2-4-6-23-7-8-24(12-23)15-10-16(18)20-17(19)11-15;;/h2*7-10H,2-6H2,1H3;;/q2*-2;;. The van der Waals surface area contributed by atoms with Crippen LogP contribution in [0, 0.1) is 57.4 Å². The Bertz CT molecular complexity index is 1930. The van der Waals surface area contributed by atoms with Gasteiger partial charge in [0, 0.05) is 0 Å². The molecule has 6 aromatic rings. The van der Waals surface area contributed by atoms with E-state index in [1.165, 1.54) is 12.1 Å². The summed E-state index contributed by atoms with van der Waals surface area (Å²) in [6.45, 7) is 5.57. The topological polar surface area (TPSA) is 99.5 Å². The third-order valence-corrected chi connectivity index (χ3v) is 9.99. The van der Waals surface area contributed by atoms with Crippen LogP contribution in [0.3, 0.4) is 0 Å². The Hall–Kier alpha value is -3.76. The van der Waals surface area contributed by atoms with Crippen molar-refractivity contribution in [2.45, 2.75) is 78.3 Å². The van der Waals surface area contributed by atoms with Crippen LogP contribution < -0.4 is 10.2 Å². The van der Waals surface area contributed by atoms with E-state index in [0.29, 0.717) is 11.4 Å². The van der Waals surface area contributed by atoms with Crippen LogP contribution in [0.5, 0.6) is 0 Å². The molecule has 0 fully saturated rings. The molecular formula is C34H34F4N10Pt2-4. The zero-order valence-corrected chi connectivity index (χ0v) is 31.9. The van der Waals surface area contributed by atoms with Gasteiger partial charge in [-0.3, -0.25) is 0 Å². The van der Waals surface area contributed by atoms with E-state index in [9.17, 15) is 17.6 Å². The number of aryl methyl sites for hydroxylation is 6. The van der Waals surface area contributed by atoms with Gasteiger partial charge in [-0.05, 0) is 0 Å². The van der Waals surface area contributed by atoms with E-state index in [0.717, 1.165) is 94.8 Å². The second-order valence-electron chi connectivity index (χ2n) is 11.5. The van der Waals surface area contributed by atoms with Crippen LogP contribution >= 0.6 is 0 Å². The van der Waals surface area contributed by atoms with Gasteiger partial charge in [-0.25, -0.2) is 0 Å². The first kappa shape index (κ1) is 37.5. The predicted octanol–water partition coefficient (Wildman–Crippen LogP) is 5.81. The van der Waals surface area contributed by atoms with Gasteiger partial charge in [0.05, 0.1) is 0 Å². The number of imidazole rings is 2. The number of rotatable bonds is 14. The van der Waals surface area contributed by atoms with E-state index >= 15 is 0 Å². The second-order valence-corrected chi connectivity index (χ2v) is 13.6. The molecule has 0 radical (unpaired) electrons. The molecule has 16 heteroatoms. The van der Waals surface area contributed by atoms with Crippen LogP contribution in [0.1, 0.15) is 61.3 Å². The fraction of sp³-hybridized carbons (Fsp3) is 0.353. The first-order valence-corrected chi connectivity index (χ1v) is 18.2. The van der Waals surface area contributed by atoms with Crippen molar-refractivity contribution in [3.8, 4) is 11.4 Å². The molecule has 6 heterocycles. The van der Waals surface area contributed by atoms with Crippen molar-refractivity contribution in [1.29, 1.82) is 0 Å². The van der Waals surface area contributed by atoms with Gasteiger partial charge in [-0.2, -0.15) is 0 Å². The van der Waals surface area contributed by atoms with E-state index in [-0.39, 0.29) is 0 Å². The third kappa shape index (κ3) is 10.6. The van der Waals surface area contributed by atoms with Gasteiger partial charge in [0.1, 0.15) is 0 Å². The zero-order chi connectivity index (χ0) is 35.6. The van der Waals surface area contributed by atoms with Gasteiger partial charge in [0.15, 0.2) is 0 Å². The molecular weight excluding hydrogens is 1010 g/mol. The fourth-order valence-electron chi connectivity index (χ4n) is 5.20. The second kappa shape index (κ2) is 17.9. The summed E-state index contributed by atoms with van der Waals surface area (Å²) in [6, 6.07) is 11.2. The molecule has 6 rings (SSSR count). The number of halogens is 4. The maximum absolute atomic E-state index is 13.3. The van der Waals surface area contributed by atoms with Crippen LogP contribution in [0.2, 0.25) is 0 Å². The molecule has 0 unspecified atom stereocenters. The molecule has 50 heavy (non-hydrogen) atoms. The van der Waals surface area contributed by atoms with E-state index in [1.54, 1.807) is 21.5 Å². The molecule has 0 aliphatic carbocycles. The predicted molar refractivity (Wildman–Crippen MR) is 167 cm³/mol. The van der Waals surface area contributed by atoms with Gasteiger partial charge in [0.2, 0.25) is 0 Å². The first-order chi connectivity index (χ1) is 24.0. The van der Waals surface area contributed by atoms with Crippen molar-refractivity contribution >= 4 is 0 Å². The van der Waals surface area contributed by atoms with E-state index < -0.39 is 23.8 Å². The molecule has 0 saturated carbocycles. The number of nitrogens with zero attached hydrogens (tertiary/aromatic N) is 10. The normalized spacial score (nSPS) is 11.2. The van der Waals surface area contributed by atoms with Crippen LogP contribution in [0.15, 0.2) is 49.1 Å². The van der Waals surface area contributed by atoms with Crippen molar-refractivity contribution in [3.05, 3.63) is 115 Å². The molecule has 0 amide bonds. The number of hydrogen-bond donors (Lipinski definition) is 0. The molecule has 0 aliphatic heterocycles. The summed E-state index contributed by atoms with van der Waals surface area (Å²) in [6.07, 6.45) is 15.5. The number of aromatic nitrogens is 10. The zero-order valence-electron chi connectivity index (χ0n) is 27.3. The Balaban J connectivity index is 0.000000194. The molecule has 10 nitrogen and oxygen atoms in total. The van der Waals surface area contributed by atoms with Crippen molar-refractivity contribution in [3.63, 3.8) is 0 Å². The summed E-state index contributed by atoms with van der Waals surface area (Å²) in [5.41, 5.74) is 4.62. The number of unbranched alkanes of at least 4 members (excludes halogenated alkanes) is 4. The fourth-order valence-corrected chi connectivity index (χ4v) is 6.93. The molecule has 0 saturated heterocycles. The van der Waals surface area contributed by atoms with Crippen LogP contribution in [-0.4, -0.2) is 38.4 Å². The van der Waals surface area contributed by atoms with Crippen molar-refractivity contribution in [2.75, 3.05) is 0 Å². The van der Waals surface area contributed by atoms with E-state index in [1.807, 2.05) is 38.4 Å². The van der Waals surface area contributed by atoms with Crippen LogP contribution in [0.25, 0.3) is 11.4 Å². The van der Waals surface area contributed by atoms with Gasteiger partial charge in [-0.1, -0.05) is 0 Å². The summed E-state index contributed by atoms with van der Waals surface area (Å²) in [4.78, 5) is 6.14. The quantitative estimate of drug-likeness (QED) is 0.0592. The third-order valence-electron chi connectivity index (χ3n) is 7.59. The van der Waals surface area contributed by atoms with E-state index in [2.05, 4.69) is 90.3 Å². The summed E-state index contributed by atoms with van der Waals surface area (Å²) in [5, 5.41) is 16.2. The Labute approximate surface area is 308 Å². The number of pyridine rings is 2. The van der Waals surface area contributed by atoms with Gasteiger partial charge in [-0.15, -0.1) is 0 Å². The molecule has 6 aromatic heterocycles.